The summed E-state index contributed by atoms with van der Waals surface area (Å²) in [6.45, 7) is 16.9. The Morgan fingerprint density at radius 1 is 1.00 bits per heavy atom. The molecule has 2 atom stereocenters. The van der Waals surface area contributed by atoms with Crippen LogP contribution in [0.1, 0.15) is 54.9 Å². The Labute approximate surface area is 77.7 Å². The van der Waals surface area contributed by atoms with Crippen LogP contribution in [0.3, 0.4) is 0 Å². The Morgan fingerprint density at radius 2 is 1.42 bits per heavy atom. The Morgan fingerprint density at radius 3 is 1.58 bits per heavy atom. The van der Waals surface area contributed by atoms with Crippen LogP contribution in [0.5, 0.6) is 0 Å². The number of hydrogen-bond acceptors (Lipinski definition) is 0. The van der Waals surface area contributed by atoms with Crippen molar-refractivity contribution in [2.24, 2.45) is 22.2 Å². The molecule has 1 saturated carbocycles. The van der Waals surface area contributed by atoms with E-state index in [4.69, 9.17) is 0 Å². The molecule has 0 heterocycles. The molecule has 0 spiro atoms. The van der Waals surface area contributed by atoms with Gasteiger partial charge < -0.3 is 0 Å². The van der Waals surface area contributed by atoms with E-state index >= 15 is 0 Å². The molecule has 1 aliphatic rings. The molecule has 0 radical (unpaired) electrons. The summed E-state index contributed by atoms with van der Waals surface area (Å²) >= 11 is 0. The molecule has 0 heteroatoms. The van der Waals surface area contributed by atoms with Gasteiger partial charge in [-0.1, -0.05) is 48.5 Å². The monoisotopic (exact) mass is 168 g/mol. The zero-order valence-corrected chi connectivity index (χ0v) is 9.78. The topological polar surface area (TPSA) is 0 Å². The quantitative estimate of drug-likeness (QED) is 0.553. The molecular weight excluding hydrogens is 144 g/mol. The molecule has 0 saturated heterocycles. The van der Waals surface area contributed by atoms with Crippen molar-refractivity contribution in [3.63, 3.8) is 0 Å². The molecule has 0 aromatic heterocycles. The Hall–Kier alpha value is 0. The molecule has 1 rings (SSSR count). The van der Waals surface area contributed by atoms with Gasteiger partial charge in [-0.15, -0.1) is 0 Å². The van der Waals surface area contributed by atoms with E-state index in [0.29, 0.717) is 16.2 Å². The molecule has 0 N–H and O–H groups in total. The highest BCUT2D eigenvalue weighted by Crippen LogP contribution is 2.72. The molecule has 0 nitrogen and oxygen atoms in total. The Balaban J connectivity index is 3.00. The second kappa shape index (κ2) is 2.27. The van der Waals surface area contributed by atoms with E-state index in [-0.39, 0.29) is 0 Å². The molecular formula is C12H24. The summed E-state index contributed by atoms with van der Waals surface area (Å²) in [6, 6.07) is 0. The van der Waals surface area contributed by atoms with Crippen molar-refractivity contribution in [3.05, 3.63) is 0 Å². The third-order valence-corrected chi connectivity index (χ3v) is 5.81. The lowest BCUT2D eigenvalue weighted by molar-refractivity contribution is -0.230. The second-order valence-corrected chi connectivity index (χ2v) is 5.84. The fraction of sp³-hybridized carbons (Fsp3) is 1.00. The highest BCUT2D eigenvalue weighted by molar-refractivity contribution is 5.13. The SMILES string of the molecule is CCC1(C)C(C)C(C)(C)C1(C)C. The van der Waals surface area contributed by atoms with Crippen molar-refractivity contribution in [1.29, 1.82) is 0 Å². The first-order chi connectivity index (χ1) is 5.22. The average molecular weight is 168 g/mol. The van der Waals surface area contributed by atoms with E-state index < -0.39 is 0 Å². The lowest BCUT2D eigenvalue weighted by Crippen LogP contribution is -2.65. The second-order valence-electron chi connectivity index (χ2n) is 5.84. The zero-order valence-electron chi connectivity index (χ0n) is 9.78. The van der Waals surface area contributed by atoms with Crippen LogP contribution in [0.2, 0.25) is 0 Å². The highest BCUT2D eigenvalue weighted by atomic mass is 14.7. The van der Waals surface area contributed by atoms with Crippen molar-refractivity contribution < 1.29 is 0 Å². The normalized spacial score (nSPS) is 43.8. The molecule has 0 bridgehead atoms. The summed E-state index contributed by atoms with van der Waals surface area (Å²) in [5, 5.41) is 0. The van der Waals surface area contributed by atoms with Gasteiger partial charge in [-0.3, -0.25) is 0 Å². The third-order valence-electron chi connectivity index (χ3n) is 5.81. The fourth-order valence-corrected chi connectivity index (χ4v) is 3.29. The van der Waals surface area contributed by atoms with Gasteiger partial charge in [-0.25, -0.2) is 0 Å². The van der Waals surface area contributed by atoms with Gasteiger partial charge in [-0.2, -0.15) is 0 Å². The van der Waals surface area contributed by atoms with Gasteiger partial charge in [0.1, 0.15) is 0 Å². The van der Waals surface area contributed by atoms with Crippen LogP contribution >= 0.6 is 0 Å². The van der Waals surface area contributed by atoms with Gasteiger partial charge in [0, 0.05) is 0 Å². The van der Waals surface area contributed by atoms with E-state index in [9.17, 15) is 0 Å². The molecule has 0 aromatic carbocycles. The van der Waals surface area contributed by atoms with Crippen molar-refractivity contribution in [2.45, 2.75) is 54.9 Å². The molecule has 1 aliphatic carbocycles. The fourth-order valence-electron chi connectivity index (χ4n) is 3.29. The molecule has 2 unspecified atom stereocenters. The van der Waals surface area contributed by atoms with Crippen molar-refractivity contribution in [1.82, 2.24) is 0 Å². The predicted octanol–water partition coefficient (Wildman–Crippen LogP) is 4.10. The van der Waals surface area contributed by atoms with Crippen molar-refractivity contribution in [3.8, 4) is 0 Å². The van der Waals surface area contributed by atoms with Crippen LogP contribution in [-0.4, -0.2) is 0 Å². The van der Waals surface area contributed by atoms with Crippen molar-refractivity contribution >= 4 is 0 Å². The average Bonchev–Trinajstić information content (AvgIpc) is 2.00. The van der Waals surface area contributed by atoms with Gasteiger partial charge in [0.05, 0.1) is 0 Å². The maximum absolute atomic E-state index is 2.45. The first-order valence-corrected chi connectivity index (χ1v) is 5.22. The summed E-state index contributed by atoms with van der Waals surface area (Å²) < 4.78 is 0. The summed E-state index contributed by atoms with van der Waals surface area (Å²) in [6.07, 6.45) is 1.31. The first kappa shape index (κ1) is 10.1. The van der Waals surface area contributed by atoms with Crippen LogP contribution in [0.15, 0.2) is 0 Å². The maximum atomic E-state index is 2.45. The largest absolute Gasteiger partial charge is 0.0648 e. The minimum atomic E-state index is 0.494. The minimum absolute atomic E-state index is 0.494. The number of rotatable bonds is 1. The molecule has 0 amide bonds. The zero-order chi connectivity index (χ0) is 9.78. The van der Waals surface area contributed by atoms with Gasteiger partial charge >= 0.3 is 0 Å². The van der Waals surface area contributed by atoms with Crippen LogP contribution in [0, 0.1) is 22.2 Å². The summed E-state index contributed by atoms with van der Waals surface area (Å²) in [4.78, 5) is 0. The summed E-state index contributed by atoms with van der Waals surface area (Å²) in [5.74, 6) is 0.852. The standard InChI is InChI=1S/C12H24/c1-8-12(7)9(2)10(3,4)11(12,5)6/h9H,8H2,1-7H3. The molecule has 0 aliphatic heterocycles. The van der Waals surface area contributed by atoms with E-state index in [1.54, 1.807) is 0 Å². The molecule has 12 heavy (non-hydrogen) atoms. The molecule has 1 fully saturated rings. The minimum Gasteiger partial charge on any atom is -0.0648 e. The lowest BCUT2D eigenvalue weighted by Gasteiger charge is -2.71. The molecule has 72 valence electrons. The summed E-state index contributed by atoms with van der Waals surface area (Å²) in [7, 11) is 0. The van der Waals surface area contributed by atoms with E-state index in [1.807, 2.05) is 0 Å². The first-order valence-electron chi connectivity index (χ1n) is 5.22. The smallest absolute Gasteiger partial charge is 0.0241 e. The van der Waals surface area contributed by atoms with E-state index in [0.717, 1.165) is 5.92 Å². The Bertz CT molecular complexity index is 185. The van der Waals surface area contributed by atoms with Crippen LogP contribution in [0.25, 0.3) is 0 Å². The van der Waals surface area contributed by atoms with Gasteiger partial charge in [-0.05, 0) is 28.6 Å². The predicted molar refractivity (Wildman–Crippen MR) is 55.1 cm³/mol. The van der Waals surface area contributed by atoms with Gasteiger partial charge in [0.2, 0.25) is 0 Å². The number of hydrogen-bond donors (Lipinski definition) is 0. The van der Waals surface area contributed by atoms with Crippen LogP contribution in [0.4, 0.5) is 0 Å². The van der Waals surface area contributed by atoms with Crippen LogP contribution < -0.4 is 0 Å². The lowest BCUT2D eigenvalue weighted by atomic mass is 9.33. The van der Waals surface area contributed by atoms with E-state index in [2.05, 4.69) is 48.5 Å². The highest BCUT2D eigenvalue weighted by Gasteiger charge is 2.65. The van der Waals surface area contributed by atoms with Gasteiger partial charge in [0.25, 0.3) is 0 Å². The van der Waals surface area contributed by atoms with Crippen molar-refractivity contribution in [2.75, 3.05) is 0 Å². The van der Waals surface area contributed by atoms with Crippen LogP contribution in [-0.2, 0) is 0 Å². The maximum Gasteiger partial charge on any atom is -0.0241 e. The third kappa shape index (κ3) is 0.744. The van der Waals surface area contributed by atoms with E-state index in [1.165, 1.54) is 6.42 Å². The Kier molecular flexibility index (Phi) is 1.91. The van der Waals surface area contributed by atoms with Gasteiger partial charge in [0.15, 0.2) is 0 Å². The summed E-state index contributed by atoms with van der Waals surface area (Å²) in [5.41, 5.74) is 1.56. The molecule has 0 aromatic rings.